The summed E-state index contributed by atoms with van der Waals surface area (Å²) in [5.74, 6) is 0. The third-order valence-corrected chi connectivity index (χ3v) is 4.25. The van der Waals surface area contributed by atoms with Gasteiger partial charge in [0.15, 0.2) is 0 Å². The van der Waals surface area contributed by atoms with Crippen LogP contribution in [0.3, 0.4) is 0 Å². The zero-order valence-corrected chi connectivity index (χ0v) is 12.1. The highest BCUT2D eigenvalue weighted by Gasteiger charge is 2.50. The summed E-state index contributed by atoms with van der Waals surface area (Å²) < 4.78 is 5.64. The minimum atomic E-state index is -0.487. The topological polar surface area (TPSA) is 29.5 Å². The van der Waals surface area contributed by atoms with Gasteiger partial charge in [0.2, 0.25) is 0 Å². The largest absolute Gasteiger partial charge is 0.441 e. The number of amides is 1. The lowest BCUT2D eigenvalue weighted by Gasteiger charge is -2.35. The van der Waals surface area contributed by atoms with E-state index in [4.69, 9.17) is 4.74 Å². The van der Waals surface area contributed by atoms with Crippen LogP contribution in [-0.2, 0) is 4.74 Å². The first kappa shape index (κ1) is 13.2. The second kappa shape index (κ2) is 4.97. The third kappa shape index (κ3) is 2.21. The number of rotatable bonds is 2. The second-order valence-corrected chi connectivity index (χ2v) is 6.13. The van der Waals surface area contributed by atoms with Crippen molar-refractivity contribution in [2.24, 2.45) is 0 Å². The Bertz CT molecular complexity index is 521. The zero-order chi connectivity index (χ0) is 14.2. The van der Waals surface area contributed by atoms with Crippen LogP contribution in [0.5, 0.6) is 0 Å². The van der Waals surface area contributed by atoms with Crippen molar-refractivity contribution in [3.05, 3.63) is 48.0 Å². The molecule has 106 valence electrons. The van der Waals surface area contributed by atoms with Gasteiger partial charge in [0.1, 0.15) is 5.60 Å². The number of ether oxygens (including phenoxy) is 1. The summed E-state index contributed by atoms with van der Waals surface area (Å²) in [6, 6.07) is 10.5. The molecule has 20 heavy (non-hydrogen) atoms. The molecule has 0 radical (unpaired) electrons. The van der Waals surface area contributed by atoms with Crippen molar-refractivity contribution in [3.8, 4) is 0 Å². The Kier molecular flexibility index (Phi) is 3.28. The van der Waals surface area contributed by atoms with Gasteiger partial charge in [0.25, 0.3) is 0 Å². The molecule has 1 aromatic carbocycles. The molecule has 1 aliphatic carbocycles. The van der Waals surface area contributed by atoms with Crippen LogP contribution in [0.4, 0.5) is 4.79 Å². The summed E-state index contributed by atoms with van der Waals surface area (Å²) in [7, 11) is 0. The summed E-state index contributed by atoms with van der Waals surface area (Å²) in [5.41, 5.74) is 0.664. The van der Waals surface area contributed by atoms with Crippen LogP contribution in [0.15, 0.2) is 42.5 Å². The maximum absolute atomic E-state index is 12.4. The van der Waals surface area contributed by atoms with Crippen LogP contribution in [0.2, 0.25) is 0 Å². The van der Waals surface area contributed by atoms with Crippen LogP contribution in [0.25, 0.3) is 0 Å². The van der Waals surface area contributed by atoms with Crippen molar-refractivity contribution < 1.29 is 9.53 Å². The zero-order valence-electron chi connectivity index (χ0n) is 12.1. The van der Waals surface area contributed by atoms with Gasteiger partial charge < -0.3 is 4.74 Å². The molecule has 0 N–H and O–H groups in total. The molecule has 1 aromatic rings. The first-order chi connectivity index (χ1) is 9.59. The molecule has 2 atom stereocenters. The highest BCUT2D eigenvalue weighted by atomic mass is 16.6. The third-order valence-electron chi connectivity index (χ3n) is 4.25. The fraction of sp³-hybridized carbons (Fsp3) is 0.471. The Morgan fingerprint density at radius 2 is 1.95 bits per heavy atom. The first-order valence-corrected chi connectivity index (χ1v) is 7.31. The van der Waals surface area contributed by atoms with E-state index in [0.717, 1.165) is 24.8 Å². The Hall–Kier alpha value is -1.77. The van der Waals surface area contributed by atoms with Gasteiger partial charge in [-0.05, 0) is 38.7 Å². The molecule has 0 saturated carbocycles. The Morgan fingerprint density at radius 3 is 2.60 bits per heavy atom. The summed E-state index contributed by atoms with van der Waals surface area (Å²) in [4.78, 5) is 14.3. The highest BCUT2D eigenvalue weighted by Crippen LogP contribution is 2.43. The number of allylic oxidation sites excluding steroid dienone is 1. The van der Waals surface area contributed by atoms with Gasteiger partial charge in [-0.1, -0.05) is 42.5 Å². The van der Waals surface area contributed by atoms with Crippen molar-refractivity contribution in [3.63, 3.8) is 0 Å². The molecule has 2 aliphatic rings. The molecule has 2 unspecified atom stereocenters. The molecule has 3 nitrogen and oxygen atoms in total. The molecular formula is C17H21NO2. The number of cyclic esters (lactones) is 1. The predicted octanol–water partition coefficient (Wildman–Crippen LogP) is 4.07. The molecule has 1 saturated heterocycles. The van der Waals surface area contributed by atoms with Crippen LogP contribution >= 0.6 is 0 Å². The van der Waals surface area contributed by atoms with Gasteiger partial charge >= 0.3 is 6.09 Å². The summed E-state index contributed by atoms with van der Waals surface area (Å²) in [6.07, 6.45) is 7.18. The Balaban J connectivity index is 1.97. The smallest absolute Gasteiger partial charge is 0.411 e. The van der Waals surface area contributed by atoms with E-state index in [1.165, 1.54) is 0 Å². The molecule has 3 heteroatoms. The molecule has 1 aliphatic heterocycles. The van der Waals surface area contributed by atoms with Crippen molar-refractivity contribution >= 4 is 6.09 Å². The van der Waals surface area contributed by atoms with Crippen molar-refractivity contribution in [2.45, 2.75) is 50.8 Å². The second-order valence-electron chi connectivity index (χ2n) is 6.13. The van der Waals surface area contributed by atoms with E-state index >= 15 is 0 Å². The van der Waals surface area contributed by atoms with Gasteiger partial charge in [-0.3, -0.25) is 4.90 Å². The summed E-state index contributed by atoms with van der Waals surface area (Å²) >= 11 is 0. The number of hydrogen-bond acceptors (Lipinski definition) is 2. The Labute approximate surface area is 120 Å². The van der Waals surface area contributed by atoms with E-state index in [-0.39, 0.29) is 18.2 Å². The van der Waals surface area contributed by atoms with Gasteiger partial charge in [0, 0.05) is 6.04 Å². The Morgan fingerprint density at radius 1 is 1.20 bits per heavy atom. The number of carbonyl (C=O) groups is 1. The number of benzene rings is 1. The van der Waals surface area contributed by atoms with Gasteiger partial charge in [-0.2, -0.15) is 0 Å². The lowest BCUT2D eigenvalue weighted by Crippen LogP contribution is -2.41. The monoisotopic (exact) mass is 271 g/mol. The highest BCUT2D eigenvalue weighted by molar-refractivity contribution is 5.72. The van der Waals surface area contributed by atoms with E-state index < -0.39 is 5.60 Å². The maximum atomic E-state index is 12.4. The van der Waals surface area contributed by atoms with E-state index in [0.29, 0.717) is 0 Å². The molecular weight excluding hydrogens is 250 g/mol. The maximum Gasteiger partial charge on any atom is 0.411 e. The van der Waals surface area contributed by atoms with Crippen LogP contribution < -0.4 is 0 Å². The summed E-state index contributed by atoms with van der Waals surface area (Å²) in [6.45, 7) is 4.00. The van der Waals surface area contributed by atoms with Crippen LogP contribution in [0.1, 0.15) is 44.7 Å². The van der Waals surface area contributed by atoms with Crippen molar-refractivity contribution in [2.75, 3.05) is 0 Å². The van der Waals surface area contributed by atoms with Crippen molar-refractivity contribution in [1.29, 1.82) is 0 Å². The van der Waals surface area contributed by atoms with Crippen molar-refractivity contribution in [1.82, 2.24) is 4.90 Å². The molecule has 3 rings (SSSR count). The minimum absolute atomic E-state index is 0.00676. The average Bonchev–Trinajstić information content (AvgIpc) is 2.70. The van der Waals surface area contributed by atoms with E-state index in [2.05, 4.69) is 24.3 Å². The molecule has 0 spiro atoms. The SMILES string of the molecule is CC1(C)OC(=O)N(C2CC=CCC2)C1c1ccccc1. The quantitative estimate of drug-likeness (QED) is 0.759. The summed E-state index contributed by atoms with van der Waals surface area (Å²) in [5, 5.41) is 0. The molecule has 1 heterocycles. The normalized spacial score (nSPS) is 28.5. The molecule has 1 amide bonds. The van der Waals surface area contributed by atoms with Crippen LogP contribution in [0, 0.1) is 0 Å². The molecule has 1 fully saturated rings. The molecule has 0 aromatic heterocycles. The minimum Gasteiger partial charge on any atom is -0.441 e. The predicted molar refractivity (Wildman–Crippen MR) is 78.4 cm³/mol. The van der Waals surface area contributed by atoms with Gasteiger partial charge in [-0.15, -0.1) is 0 Å². The standard InChI is InChI=1S/C17H21NO2/c1-17(2)15(13-9-5-3-6-10-13)18(16(19)20-17)14-11-7-4-8-12-14/h3-7,9-10,14-15H,8,11-12H2,1-2H3. The molecule has 0 bridgehead atoms. The number of carbonyl (C=O) groups excluding carboxylic acids is 1. The van der Waals surface area contributed by atoms with Gasteiger partial charge in [0.05, 0.1) is 6.04 Å². The lowest BCUT2D eigenvalue weighted by atomic mass is 9.89. The number of nitrogens with zero attached hydrogens (tertiary/aromatic N) is 1. The van der Waals surface area contributed by atoms with E-state index in [1.54, 1.807) is 0 Å². The first-order valence-electron chi connectivity index (χ1n) is 7.31. The van der Waals surface area contributed by atoms with E-state index in [9.17, 15) is 4.79 Å². The lowest BCUT2D eigenvalue weighted by molar-refractivity contribution is 0.0668. The number of hydrogen-bond donors (Lipinski definition) is 0. The fourth-order valence-corrected chi connectivity index (χ4v) is 3.36. The van der Waals surface area contributed by atoms with Crippen LogP contribution in [-0.4, -0.2) is 22.6 Å². The fourth-order valence-electron chi connectivity index (χ4n) is 3.36. The average molecular weight is 271 g/mol. The van der Waals surface area contributed by atoms with E-state index in [1.807, 2.05) is 36.9 Å². The van der Waals surface area contributed by atoms with Gasteiger partial charge in [-0.25, -0.2) is 4.79 Å².